The first-order chi connectivity index (χ1) is 20.9. The summed E-state index contributed by atoms with van der Waals surface area (Å²) in [7, 11) is 0. The van der Waals surface area contributed by atoms with Gasteiger partial charge in [0, 0.05) is 51.6 Å². The van der Waals surface area contributed by atoms with Crippen molar-refractivity contribution >= 4 is 50.9 Å². The highest BCUT2D eigenvalue weighted by Crippen LogP contribution is 2.45. The number of carbonyl (C=O) groups is 1. The zero-order valence-corrected chi connectivity index (χ0v) is 26.9. The Morgan fingerprint density at radius 1 is 1.05 bits per heavy atom. The molecule has 1 amide bonds. The smallest absolute Gasteiger partial charge is 0.266 e. The van der Waals surface area contributed by atoms with Gasteiger partial charge in [0.15, 0.2) is 11.6 Å². The Bertz CT molecular complexity index is 1410. The number of aliphatic imine (C=N–C) groups is 1. The van der Waals surface area contributed by atoms with Crippen molar-refractivity contribution in [1.82, 2.24) is 10.9 Å². The number of aliphatic hydroxyl groups is 1. The minimum absolute atomic E-state index is 0.0649. The van der Waals surface area contributed by atoms with E-state index in [1.165, 1.54) is 19.3 Å². The van der Waals surface area contributed by atoms with Crippen molar-refractivity contribution in [3.05, 3.63) is 97.9 Å². The molecule has 5 rings (SSSR count). The van der Waals surface area contributed by atoms with Crippen molar-refractivity contribution in [3.8, 4) is 5.75 Å². The first-order valence-corrected chi connectivity index (χ1v) is 16.3. The van der Waals surface area contributed by atoms with E-state index in [2.05, 4.69) is 26.8 Å². The van der Waals surface area contributed by atoms with Crippen LogP contribution in [0, 0.1) is 5.92 Å². The number of halogens is 3. The van der Waals surface area contributed by atoms with Gasteiger partial charge in [-0.2, -0.15) is 0 Å². The summed E-state index contributed by atoms with van der Waals surface area (Å²) in [5.41, 5.74) is 7.06. The van der Waals surface area contributed by atoms with Crippen LogP contribution >= 0.6 is 39.1 Å². The summed E-state index contributed by atoms with van der Waals surface area (Å²) < 4.78 is 13.2. The number of nitrogens with zero attached hydrogens (tertiary/aromatic N) is 1. The first kappa shape index (κ1) is 31.8. The van der Waals surface area contributed by atoms with E-state index < -0.39 is 11.6 Å². The van der Waals surface area contributed by atoms with E-state index in [4.69, 9.17) is 42.8 Å². The molecule has 3 N–H and O–H groups in total. The third-order valence-electron chi connectivity index (χ3n) is 7.98. The molecule has 10 heteroatoms. The Morgan fingerprint density at radius 3 is 2.49 bits per heavy atom. The molecule has 0 unspecified atom stereocenters. The minimum Gasteiger partial charge on any atom is -0.494 e. The molecule has 0 radical (unpaired) electrons. The minimum atomic E-state index is -1.38. The van der Waals surface area contributed by atoms with Crippen LogP contribution in [0.15, 0.2) is 76.2 Å². The van der Waals surface area contributed by atoms with Gasteiger partial charge in [-0.3, -0.25) is 10.2 Å². The number of aliphatic hydroxyl groups excluding tert-OH is 1. The maximum absolute atomic E-state index is 14.3. The van der Waals surface area contributed by atoms with E-state index in [9.17, 15) is 4.79 Å². The average Bonchev–Trinajstić information content (AvgIpc) is 3.39. The summed E-state index contributed by atoms with van der Waals surface area (Å²) in [6.07, 6.45) is 6.01. The molecular weight excluding hydrogens is 653 g/mol. The van der Waals surface area contributed by atoms with Crippen LogP contribution in [0.25, 0.3) is 0 Å². The van der Waals surface area contributed by atoms with Gasteiger partial charge < -0.3 is 14.6 Å². The molecule has 228 valence electrons. The number of ether oxygens (including phenoxy) is 2. The maximum atomic E-state index is 14.3. The Morgan fingerprint density at radius 2 is 1.79 bits per heavy atom. The summed E-state index contributed by atoms with van der Waals surface area (Å²) in [4.78, 5) is 19.4. The van der Waals surface area contributed by atoms with E-state index in [1.54, 1.807) is 18.2 Å². The van der Waals surface area contributed by atoms with E-state index in [1.807, 2.05) is 48.5 Å². The summed E-state index contributed by atoms with van der Waals surface area (Å²) in [6, 6.07) is 20.4. The fourth-order valence-corrected chi connectivity index (χ4v) is 6.43. The lowest BCUT2D eigenvalue weighted by atomic mass is 9.82. The Labute approximate surface area is 271 Å². The molecule has 1 aliphatic carbocycles. The molecule has 0 aromatic heterocycles. The van der Waals surface area contributed by atoms with Gasteiger partial charge in [0.05, 0.1) is 6.61 Å². The van der Waals surface area contributed by atoms with Gasteiger partial charge in [0.1, 0.15) is 5.75 Å². The van der Waals surface area contributed by atoms with Crippen molar-refractivity contribution in [1.29, 1.82) is 0 Å². The summed E-state index contributed by atoms with van der Waals surface area (Å²) in [6.45, 7) is 1.17. The van der Waals surface area contributed by atoms with Crippen molar-refractivity contribution in [2.45, 2.75) is 56.6 Å². The topological polar surface area (TPSA) is 92.2 Å². The monoisotopic (exact) mass is 687 g/mol. The predicted molar refractivity (Wildman–Crippen MR) is 174 cm³/mol. The maximum Gasteiger partial charge on any atom is 0.266 e. The number of nitrogens with one attached hydrogen (secondary N) is 2. The van der Waals surface area contributed by atoms with Gasteiger partial charge in [-0.25, -0.2) is 10.4 Å². The lowest BCUT2D eigenvalue weighted by Crippen LogP contribution is -2.54. The Hall–Kier alpha value is -2.62. The van der Waals surface area contributed by atoms with Gasteiger partial charge in [-0.1, -0.05) is 76.6 Å². The SMILES string of the molecule is O=C(NNCC1CCCCC1)[C@@]1(Cc2ccc(Br)cc2)N=C(c2ccc(OCCCO)cc2)O[C@H]1c1ccc(Cl)cc1Cl. The summed E-state index contributed by atoms with van der Waals surface area (Å²) in [5.74, 6) is 1.22. The summed E-state index contributed by atoms with van der Waals surface area (Å²) >= 11 is 16.5. The average molecular weight is 689 g/mol. The molecule has 0 bridgehead atoms. The van der Waals surface area contributed by atoms with Crippen LogP contribution in [0.5, 0.6) is 5.75 Å². The first-order valence-electron chi connectivity index (χ1n) is 14.7. The Balaban J connectivity index is 1.51. The third kappa shape index (κ3) is 7.91. The number of hydrazine groups is 1. The standard InChI is InChI=1S/C33H36BrCl2N3O4/c34-25-11-7-22(8-12-25)20-33(32(41)39-37-21-23-5-2-1-3-6-23)30(28-16-13-26(35)19-29(28)36)43-31(38-33)24-9-14-27(15-10-24)42-18-4-17-40/h7-16,19,23,30,37,40H,1-6,17-18,20-21H2,(H,39,41)/t30-,33-/m0/s1. The van der Waals surface area contributed by atoms with Gasteiger partial charge in [-0.05, 0) is 72.9 Å². The molecule has 2 aliphatic rings. The fourth-order valence-electron chi connectivity index (χ4n) is 5.66. The normalized spacial score (nSPS) is 20.4. The van der Waals surface area contributed by atoms with Crippen molar-refractivity contribution in [2.24, 2.45) is 10.9 Å². The quantitative estimate of drug-likeness (QED) is 0.138. The number of amides is 1. The zero-order chi connectivity index (χ0) is 30.2. The van der Waals surface area contributed by atoms with Crippen LogP contribution in [0.2, 0.25) is 10.0 Å². The lowest BCUT2D eigenvalue weighted by Gasteiger charge is -2.32. The van der Waals surface area contributed by atoms with Crippen LogP contribution in [0.3, 0.4) is 0 Å². The second-order valence-electron chi connectivity index (χ2n) is 11.1. The van der Waals surface area contributed by atoms with Crippen molar-refractivity contribution in [3.63, 3.8) is 0 Å². The molecule has 2 atom stereocenters. The number of hydrogen-bond acceptors (Lipinski definition) is 6. The highest BCUT2D eigenvalue weighted by Gasteiger charge is 2.54. The van der Waals surface area contributed by atoms with Gasteiger partial charge >= 0.3 is 0 Å². The highest BCUT2D eigenvalue weighted by atomic mass is 79.9. The number of hydrogen-bond donors (Lipinski definition) is 3. The van der Waals surface area contributed by atoms with Gasteiger partial charge in [-0.15, -0.1) is 0 Å². The van der Waals surface area contributed by atoms with Crippen molar-refractivity contribution < 1.29 is 19.4 Å². The fraction of sp³-hybridized carbons (Fsp3) is 0.394. The van der Waals surface area contributed by atoms with Crippen LogP contribution in [-0.4, -0.2) is 42.2 Å². The molecular formula is C33H36BrCl2N3O4. The third-order valence-corrected chi connectivity index (χ3v) is 9.07. The van der Waals surface area contributed by atoms with Crippen LogP contribution < -0.4 is 15.6 Å². The van der Waals surface area contributed by atoms with Crippen LogP contribution in [-0.2, 0) is 16.0 Å². The number of benzene rings is 3. The zero-order valence-electron chi connectivity index (χ0n) is 23.8. The molecule has 7 nitrogen and oxygen atoms in total. The predicted octanol–water partition coefficient (Wildman–Crippen LogP) is 7.22. The van der Waals surface area contributed by atoms with Gasteiger partial charge in [0.25, 0.3) is 5.91 Å². The van der Waals surface area contributed by atoms with E-state index in [-0.39, 0.29) is 18.9 Å². The highest BCUT2D eigenvalue weighted by molar-refractivity contribution is 9.10. The lowest BCUT2D eigenvalue weighted by molar-refractivity contribution is -0.130. The number of rotatable bonds is 12. The molecule has 1 aliphatic heterocycles. The van der Waals surface area contributed by atoms with Crippen LogP contribution in [0.4, 0.5) is 0 Å². The van der Waals surface area contributed by atoms with Gasteiger partial charge in [0.2, 0.25) is 5.90 Å². The van der Waals surface area contributed by atoms with Crippen molar-refractivity contribution in [2.75, 3.05) is 19.8 Å². The molecule has 1 heterocycles. The molecule has 3 aromatic carbocycles. The Kier molecular flexibility index (Phi) is 11.0. The molecule has 0 saturated heterocycles. The molecule has 1 saturated carbocycles. The summed E-state index contributed by atoms with van der Waals surface area (Å²) in [5, 5.41) is 9.93. The van der Waals surface area contributed by atoms with Crippen LogP contribution in [0.1, 0.15) is 61.3 Å². The second-order valence-corrected chi connectivity index (χ2v) is 12.9. The van der Waals surface area contributed by atoms with E-state index in [0.29, 0.717) is 58.3 Å². The molecule has 1 fully saturated rings. The molecule has 3 aromatic rings. The number of carbonyl (C=O) groups excluding carboxylic acids is 1. The van der Waals surface area contributed by atoms with E-state index in [0.717, 1.165) is 22.9 Å². The largest absolute Gasteiger partial charge is 0.494 e. The second kappa shape index (κ2) is 14.9. The van der Waals surface area contributed by atoms with E-state index >= 15 is 0 Å². The molecule has 0 spiro atoms. The molecule has 43 heavy (non-hydrogen) atoms.